The van der Waals surface area contributed by atoms with Crippen LogP contribution in [0.1, 0.15) is 27.2 Å². The van der Waals surface area contributed by atoms with Crippen LogP contribution in [0.15, 0.2) is 12.7 Å². The Kier molecular flexibility index (Phi) is 6.21. The lowest BCUT2D eigenvalue weighted by molar-refractivity contribution is -0.138. The van der Waals surface area contributed by atoms with Crippen molar-refractivity contribution in [2.24, 2.45) is 5.41 Å². The van der Waals surface area contributed by atoms with E-state index < -0.39 is 0 Å². The van der Waals surface area contributed by atoms with Gasteiger partial charge in [0.15, 0.2) is 0 Å². The summed E-state index contributed by atoms with van der Waals surface area (Å²) >= 11 is 0. The molecule has 0 fully saturated rings. The van der Waals surface area contributed by atoms with Gasteiger partial charge in [-0.05, 0) is 18.8 Å². The van der Waals surface area contributed by atoms with Crippen LogP contribution in [0.3, 0.4) is 0 Å². The van der Waals surface area contributed by atoms with Gasteiger partial charge in [-0.3, -0.25) is 0 Å². The van der Waals surface area contributed by atoms with Gasteiger partial charge in [-0.15, -0.1) is 0 Å². The third kappa shape index (κ3) is 6.66. The molecule has 0 bridgehead atoms. The van der Waals surface area contributed by atoms with Crippen LogP contribution in [0.4, 0.5) is 0 Å². The van der Waals surface area contributed by atoms with E-state index in [0.717, 1.165) is 13.0 Å². The second kappa shape index (κ2) is 6.60. The van der Waals surface area contributed by atoms with Crippen molar-refractivity contribution in [3.05, 3.63) is 12.7 Å². The molecular weight excluding hydrogens is 180 g/mol. The first-order valence-electron chi connectivity index (χ1n) is 4.89. The fourth-order valence-electron chi connectivity index (χ4n) is 0.937. The summed E-state index contributed by atoms with van der Waals surface area (Å²) < 4.78 is 10.2. The van der Waals surface area contributed by atoms with Crippen molar-refractivity contribution in [3.63, 3.8) is 0 Å². The summed E-state index contributed by atoms with van der Waals surface area (Å²) in [5, 5.41) is 0. The Balaban J connectivity index is 3.64. The quantitative estimate of drug-likeness (QED) is 0.466. The lowest BCUT2D eigenvalue weighted by Crippen LogP contribution is -2.22. The van der Waals surface area contributed by atoms with Crippen molar-refractivity contribution in [2.45, 2.75) is 27.2 Å². The highest BCUT2D eigenvalue weighted by Gasteiger charge is 2.18. The number of ether oxygens (including phenoxy) is 2. The Morgan fingerprint density at radius 3 is 2.64 bits per heavy atom. The Hall–Kier alpha value is -0.830. The van der Waals surface area contributed by atoms with E-state index in [9.17, 15) is 4.79 Å². The molecule has 0 rings (SSSR count). The van der Waals surface area contributed by atoms with Crippen molar-refractivity contribution >= 4 is 5.97 Å². The summed E-state index contributed by atoms with van der Waals surface area (Å²) in [5.41, 5.74) is 0.0530. The monoisotopic (exact) mass is 200 g/mol. The third-order valence-corrected chi connectivity index (χ3v) is 1.89. The zero-order valence-electron chi connectivity index (χ0n) is 9.34. The molecule has 0 aromatic heterocycles. The zero-order chi connectivity index (χ0) is 11.0. The highest BCUT2D eigenvalue weighted by atomic mass is 16.5. The van der Waals surface area contributed by atoms with E-state index in [0.29, 0.717) is 13.2 Å². The Morgan fingerprint density at radius 2 is 2.14 bits per heavy atom. The second-order valence-corrected chi connectivity index (χ2v) is 3.92. The smallest absolute Gasteiger partial charge is 0.330 e. The average Bonchev–Trinajstić information content (AvgIpc) is 2.14. The molecule has 0 aliphatic rings. The Labute approximate surface area is 86.1 Å². The number of hydrogen-bond acceptors (Lipinski definition) is 3. The molecule has 0 N–H and O–H groups in total. The molecule has 0 aliphatic carbocycles. The Bertz CT molecular complexity index is 185. The van der Waals surface area contributed by atoms with Crippen molar-refractivity contribution < 1.29 is 14.3 Å². The van der Waals surface area contributed by atoms with Crippen LogP contribution in [-0.2, 0) is 14.3 Å². The predicted octanol–water partition coefficient (Wildman–Crippen LogP) is 2.17. The van der Waals surface area contributed by atoms with Crippen LogP contribution in [0, 0.1) is 5.41 Å². The summed E-state index contributed by atoms with van der Waals surface area (Å²) in [4.78, 5) is 10.7. The summed E-state index contributed by atoms with van der Waals surface area (Å²) in [6.07, 6.45) is 1.97. The van der Waals surface area contributed by atoms with Gasteiger partial charge in [-0.1, -0.05) is 20.4 Å². The van der Waals surface area contributed by atoms with Gasteiger partial charge in [-0.25, -0.2) is 4.79 Å². The van der Waals surface area contributed by atoms with E-state index in [-0.39, 0.29) is 11.4 Å². The molecule has 0 aromatic rings. The van der Waals surface area contributed by atoms with E-state index >= 15 is 0 Å². The summed E-state index contributed by atoms with van der Waals surface area (Å²) in [5.74, 6) is -0.364. The van der Waals surface area contributed by atoms with Crippen molar-refractivity contribution in [2.75, 3.05) is 19.8 Å². The van der Waals surface area contributed by atoms with Crippen LogP contribution in [-0.4, -0.2) is 25.8 Å². The minimum atomic E-state index is -0.364. The second-order valence-electron chi connectivity index (χ2n) is 3.92. The number of hydrogen-bond donors (Lipinski definition) is 0. The minimum Gasteiger partial charge on any atom is -0.463 e. The predicted molar refractivity (Wildman–Crippen MR) is 56.0 cm³/mol. The summed E-state index contributed by atoms with van der Waals surface area (Å²) in [7, 11) is 0. The maximum Gasteiger partial charge on any atom is 0.330 e. The van der Waals surface area contributed by atoms with Gasteiger partial charge in [0.05, 0.1) is 13.2 Å². The first kappa shape index (κ1) is 13.2. The zero-order valence-corrected chi connectivity index (χ0v) is 9.34. The minimum absolute atomic E-state index is 0.0530. The molecule has 0 unspecified atom stereocenters. The van der Waals surface area contributed by atoms with Crippen molar-refractivity contribution in [3.8, 4) is 0 Å². The first-order valence-corrected chi connectivity index (χ1v) is 4.89. The van der Waals surface area contributed by atoms with Crippen LogP contribution in [0.2, 0.25) is 0 Å². The number of carbonyl (C=O) groups excluding carboxylic acids is 1. The molecule has 0 atom stereocenters. The van der Waals surface area contributed by atoms with Gasteiger partial charge in [0.2, 0.25) is 0 Å². The van der Waals surface area contributed by atoms with E-state index in [2.05, 4.69) is 20.4 Å². The number of carbonyl (C=O) groups is 1. The van der Waals surface area contributed by atoms with Gasteiger partial charge < -0.3 is 9.47 Å². The maximum absolute atomic E-state index is 10.7. The molecule has 0 radical (unpaired) electrons. The SMILES string of the molecule is C=CC(=O)OCCC(C)(C)COCC. The normalized spacial score (nSPS) is 11.1. The lowest BCUT2D eigenvalue weighted by Gasteiger charge is -2.23. The molecule has 3 heteroatoms. The van der Waals surface area contributed by atoms with Crippen molar-refractivity contribution in [1.29, 1.82) is 0 Å². The molecule has 0 spiro atoms. The van der Waals surface area contributed by atoms with Gasteiger partial charge >= 0.3 is 5.97 Å². The molecule has 0 saturated carbocycles. The number of rotatable bonds is 7. The van der Waals surface area contributed by atoms with Gasteiger partial charge in [-0.2, -0.15) is 0 Å². The van der Waals surface area contributed by atoms with E-state index in [1.807, 2.05) is 6.92 Å². The van der Waals surface area contributed by atoms with Gasteiger partial charge in [0.25, 0.3) is 0 Å². The molecule has 14 heavy (non-hydrogen) atoms. The number of esters is 1. The van der Waals surface area contributed by atoms with Crippen LogP contribution in [0.25, 0.3) is 0 Å². The lowest BCUT2D eigenvalue weighted by atomic mass is 9.91. The molecule has 0 saturated heterocycles. The van der Waals surface area contributed by atoms with E-state index in [4.69, 9.17) is 9.47 Å². The first-order chi connectivity index (χ1) is 6.52. The van der Waals surface area contributed by atoms with E-state index in [1.165, 1.54) is 6.08 Å². The molecule has 82 valence electrons. The molecule has 0 aromatic carbocycles. The van der Waals surface area contributed by atoms with Gasteiger partial charge in [0.1, 0.15) is 0 Å². The third-order valence-electron chi connectivity index (χ3n) is 1.89. The highest BCUT2D eigenvalue weighted by molar-refractivity contribution is 5.81. The van der Waals surface area contributed by atoms with Crippen molar-refractivity contribution in [1.82, 2.24) is 0 Å². The molecule has 0 aliphatic heterocycles. The average molecular weight is 200 g/mol. The fraction of sp³-hybridized carbons (Fsp3) is 0.727. The molecular formula is C11H20O3. The van der Waals surface area contributed by atoms with Crippen LogP contribution < -0.4 is 0 Å². The molecule has 0 amide bonds. The van der Waals surface area contributed by atoms with Gasteiger partial charge in [0, 0.05) is 12.7 Å². The standard InChI is InChI=1S/C11H20O3/c1-5-10(12)14-8-7-11(3,4)9-13-6-2/h5H,1,6-9H2,2-4H3. The summed E-state index contributed by atoms with van der Waals surface area (Å²) in [6.45, 7) is 11.3. The topological polar surface area (TPSA) is 35.5 Å². The highest BCUT2D eigenvalue weighted by Crippen LogP contribution is 2.20. The Morgan fingerprint density at radius 1 is 1.50 bits per heavy atom. The maximum atomic E-state index is 10.7. The fourth-order valence-corrected chi connectivity index (χ4v) is 0.937. The molecule has 0 heterocycles. The van der Waals surface area contributed by atoms with Crippen LogP contribution in [0.5, 0.6) is 0 Å². The van der Waals surface area contributed by atoms with E-state index in [1.54, 1.807) is 0 Å². The molecule has 3 nitrogen and oxygen atoms in total. The van der Waals surface area contributed by atoms with Crippen LogP contribution >= 0.6 is 0 Å². The largest absolute Gasteiger partial charge is 0.463 e. The summed E-state index contributed by atoms with van der Waals surface area (Å²) in [6, 6.07) is 0.